The summed E-state index contributed by atoms with van der Waals surface area (Å²) >= 11 is 0. The molecule has 0 spiro atoms. The maximum atomic E-state index is 13.7. The first-order valence-corrected chi connectivity index (χ1v) is 8.19. The molecule has 2 aromatic rings. The molecule has 0 N–H and O–H groups in total. The van der Waals surface area contributed by atoms with Crippen molar-refractivity contribution >= 4 is 12.0 Å². The van der Waals surface area contributed by atoms with Gasteiger partial charge in [0.15, 0.2) is 6.79 Å². The van der Waals surface area contributed by atoms with Crippen LogP contribution in [0.25, 0.3) is 6.08 Å². The summed E-state index contributed by atoms with van der Waals surface area (Å²) in [4.78, 5) is 12.1. The second-order valence-electron chi connectivity index (χ2n) is 5.71. The van der Waals surface area contributed by atoms with Gasteiger partial charge in [-0.3, -0.25) is 0 Å². The molecule has 0 fully saturated rings. The normalized spacial score (nSPS) is 13.0. The Bertz CT molecular complexity index is 862. The third-order valence-electron chi connectivity index (χ3n) is 3.96. The van der Waals surface area contributed by atoms with Gasteiger partial charge in [-0.2, -0.15) is 0 Å². The van der Waals surface area contributed by atoms with Gasteiger partial charge >= 0.3 is 5.97 Å². The van der Waals surface area contributed by atoms with Crippen LogP contribution in [0, 0.1) is 5.82 Å². The zero-order chi connectivity index (χ0) is 19.2. The van der Waals surface area contributed by atoms with Crippen LogP contribution in [0.15, 0.2) is 36.4 Å². The van der Waals surface area contributed by atoms with E-state index < -0.39 is 11.8 Å². The Balaban J connectivity index is 1.69. The number of rotatable bonds is 6. The second kappa shape index (κ2) is 8.55. The quantitative estimate of drug-likeness (QED) is 0.570. The Morgan fingerprint density at radius 1 is 1.22 bits per heavy atom. The molecule has 3 rings (SSSR count). The molecule has 1 heterocycles. The van der Waals surface area contributed by atoms with Gasteiger partial charge in [0.25, 0.3) is 0 Å². The summed E-state index contributed by atoms with van der Waals surface area (Å²) in [5, 5.41) is 0. The summed E-state index contributed by atoms with van der Waals surface area (Å²) in [7, 11) is 3.09. The first kappa shape index (κ1) is 18.7. The highest BCUT2D eigenvalue weighted by molar-refractivity contribution is 5.87. The highest BCUT2D eigenvalue weighted by Crippen LogP contribution is 2.30. The van der Waals surface area contributed by atoms with E-state index in [9.17, 15) is 9.18 Å². The molecule has 0 aromatic heterocycles. The topological polar surface area (TPSA) is 63.2 Å². The molecule has 0 saturated carbocycles. The number of hydrogen-bond acceptors (Lipinski definition) is 6. The Hall–Kier alpha value is -3.06. The van der Waals surface area contributed by atoms with Crippen LogP contribution in [0.5, 0.6) is 17.2 Å². The van der Waals surface area contributed by atoms with E-state index in [1.807, 2.05) is 0 Å². The van der Waals surface area contributed by atoms with E-state index >= 15 is 0 Å². The summed E-state index contributed by atoms with van der Waals surface area (Å²) in [6.07, 6.45) is 2.84. The molecule has 0 saturated heterocycles. The minimum atomic E-state index is -0.579. The monoisotopic (exact) mass is 374 g/mol. The van der Waals surface area contributed by atoms with Gasteiger partial charge in [-0.15, -0.1) is 0 Å². The lowest BCUT2D eigenvalue weighted by Gasteiger charge is -2.20. The van der Waals surface area contributed by atoms with E-state index in [1.54, 1.807) is 31.4 Å². The van der Waals surface area contributed by atoms with Crippen LogP contribution < -0.4 is 14.2 Å². The van der Waals surface area contributed by atoms with Crippen LogP contribution in [0.3, 0.4) is 0 Å². The summed E-state index contributed by atoms with van der Waals surface area (Å²) in [6.45, 7) is 0.219. The van der Waals surface area contributed by atoms with Gasteiger partial charge in [0.05, 0.1) is 20.8 Å². The molecule has 6 nitrogen and oxygen atoms in total. The van der Waals surface area contributed by atoms with Crippen molar-refractivity contribution < 1.29 is 32.9 Å². The number of fused-ring (bicyclic) bond motifs is 1. The van der Waals surface area contributed by atoms with Crippen LogP contribution in [-0.4, -0.2) is 27.0 Å². The summed E-state index contributed by atoms with van der Waals surface area (Å²) in [5.41, 5.74) is 1.70. The average molecular weight is 374 g/mol. The Kier molecular flexibility index (Phi) is 5.93. The van der Waals surface area contributed by atoms with Crippen molar-refractivity contribution in [3.05, 3.63) is 58.9 Å². The van der Waals surface area contributed by atoms with E-state index in [4.69, 9.17) is 23.7 Å². The molecule has 0 radical (unpaired) electrons. The standard InChI is InChI=1S/C20H19FO6/c1-23-17-4-5-18(24-2)13(9-17)3-6-19(22)26-11-15-8-16(21)7-14-10-25-12-27-20(14)15/h3-9H,10-12H2,1-2H3/b6-3+. The van der Waals surface area contributed by atoms with Crippen LogP contribution >= 0.6 is 0 Å². The van der Waals surface area contributed by atoms with Gasteiger partial charge in [-0.25, -0.2) is 9.18 Å². The summed E-state index contributed by atoms with van der Waals surface area (Å²) in [5.74, 6) is 0.700. The van der Waals surface area contributed by atoms with Crippen molar-refractivity contribution in [2.75, 3.05) is 21.0 Å². The van der Waals surface area contributed by atoms with E-state index in [2.05, 4.69) is 0 Å². The number of esters is 1. The predicted octanol–water partition coefficient (Wildman–Crippen LogP) is 3.47. The van der Waals surface area contributed by atoms with Crippen LogP contribution in [0.4, 0.5) is 4.39 Å². The number of methoxy groups -OCH3 is 2. The fourth-order valence-corrected chi connectivity index (χ4v) is 2.69. The molecule has 0 unspecified atom stereocenters. The molecular formula is C20H19FO6. The van der Waals surface area contributed by atoms with Crippen molar-refractivity contribution in [1.82, 2.24) is 0 Å². The zero-order valence-electron chi connectivity index (χ0n) is 15.0. The Morgan fingerprint density at radius 3 is 2.85 bits per heavy atom. The molecule has 0 bridgehead atoms. The lowest BCUT2D eigenvalue weighted by molar-refractivity contribution is -0.139. The van der Waals surface area contributed by atoms with Gasteiger partial charge in [0, 0.05) is 22.8 Å². The molecule has 0 amide bonds. The fourth-order valence-electron chi connectivity index (χ4n) is 2.69. The first-order valence-electron chi connectivity index (χ1n) is 8.19. The predicted molar refractivity (Wildman–Crippen MR) is 95.1 cm³/mol. The van der Waals surface area contributed by atoms with Crippen LogP contribution in [-0.2, 0) is 27.5 Å². The number of ether oxygens (including phenoxy) is 5. The van der Waals surface area contributed by atoms with Gasteiger partial charge in [-0.05, 0) is 36.4 Å². The molecule has 0 aliphatic carbocycles. The van der Waals surface area contributed by atoms with E-state index in [-0.39, 0.29) is 20.0 Å². The maximum absolute atomic E-state index is 13.7. The first-order chi connectivity index (χ1) is 13.1. The van der Waals surface area contributed by atoms with Crippen molar-refractivity contribution in [3.8, 4) is 17.2 Å². The SMILES string of the molecule is COc1ccc(OC)c(/C=C/C(=O)OCc2cc(F)cc3c2OCOC3)c1. The lowest BCUT2D eigenvalue weighted by atomic mass is 10.1. The van der Waals surface area contributed by atoms with Gasteiger partial charge in [0.1, 0.15) is 29.7 Å². The number of carbonyl (C=O) groups is 1. The highest BCUT2D eigenvalue weighted by atomic mass is 19.1. The van der Waals surface area contributed by atoms with Gasteiger partial charge in [0.2, 0.25) is 0 Å². The van der Waals surface area contributed by atoms with E-state index in [0.29, 0.717) is 33.9 Å². The number of hydrogen-bond donors (Lipinski definition) is 0. The molecule has 142 valence electrons. The smallest absolute Gasteiger partial charge is 0.331 e. The van der Waals surface area contributed by atoms with Crippen molar-refractivity contribution in [1.29, 1.82) is 0 Å². The number of carbonyl (C=O) groups excluding carboxylic acids is 1. The van der Waals surface area contributed by atoms with E-state index in [0.717, 1.165) is 0 Å². The van der Waals surface area contributed by atoms with Crippen LogP contribution in [0.2, 0.25) is 0 Å². The average Bonchev–Trinajstić information content (AvgIpc) is 2.70. The molecule has 1 aliphatic heterocycles. The fraction of sp³-hybridized carbons (Fsp3) is 0.250. The minimum Gasteiger partial charge on any atom is -0.497 e. The molecule has 27 heavy (non-hydrogen) atoms. The molecule has 7 heteroatoms. The Labute approximate surface area is 156 Å². The molecule has 2 aromatic carbocycles. The Morgan fingerprint density at radius 2 is 2.07 bits per heavy atom. The third-order valence-corrected chi connectivity index (χ3v) is 3.96. The lowest BCUT2D eigenvalue weighted by Crippen LogP contribution is -2.14. The van der Waals surface area contributed by atoms with Crippen molar-refractivity contribution in [2.24, 2.45) is 0 Å². The molecule has 1 aliphatic rings. The number of benzene rings is 2. The van der Waals surface area contributed by atoms with E-state index in [1.165, 1.54) is 25.3 Å². The summed E-state index contributed by atoms with van der Waals surface area (Å²) in [6, 6.07) is 7.86. The molecule has 0 atom stereocenters. The minimum absolute atomic E-state index is 0.0785. The largest absolute Gasteiger partial charge is 0.497 e. The molecular weight excluding hydrogens is 355 g/mol. The van der Waals surface area contributed by atoms with Crippen molar-refractivity contribution in [3.63, 3.8) is 0 Å². The van der Waals surface area contributed by atoms with Gasteiger partial charge < -0.3 is 23.7 Å². The number of halogens is 1. The van der Waals surface area contributed by atoms with Crippen LogP contribution in [0.1, 0.15) is 16.7 Å². The summed E-state index contributed by atoms with van der Waals surface area (Å²) < 4.78 is 39.9. The van der Waals surface area contributed by atoms with Gasteiger partial charge in [-0.1, -0.05) is 0 Å². The highest BCUT2D eigenvalue weighted by Gasteiger charge is 2.17. The maximum Gasteiger partial charge on any atom is 0.331 e. The zero-order valence-corrected chi connectivity index (χ0v) is 15.0. The third kappa shape index (κ3) is 4.57. The van der Waals surface area contributed by atoms with Crippen molar-refractivity contribution in [2.45, 2.75) is 13.2 Å². The second-order valence-corrected chi connectivity index (χ2v) is 5.71.